The standard InChI is InChI=1S/C12H17ClN4O2/c1-17(2)12(19)16-6-5-15-11(18)8-3-4-9(13)10(14)7-8/h3-4,7H,5-6,14H2,1-2H3,(H,15,18)(H,16,19). The highest BCUT2D eigenvalue weighted by Crippen LogP contribution is 2.19. The molecule has 0 saturated carbocycles. The Kier molecular flexibility index (Phi) is 5.44. The Morgan fingerprint density at radius 3 is 2.47 bits per heavy atom. The van der Waals surface area contributed by atoms with Gasteiger partial charge in [0, 0.05) is 32.7 Å². The highest BCUT2D eigenvalue weighted by molar-refractivity contribution is 6.33. The van der Waals surface area contributed by atoms with Gasteiger partial charge in [0.1, 0.15) is 0 Å². The van der Waals surface area contributed by atoms with Gasteiger partial charge in [0.2, 0.25) is 0 Å². The maximum Gasteiger partial charge on any atom is 0.316 e. The summed E-state index contributed by atoms with van der Waals surface area (Å²) in [5.41, 5.74) is 6.40. The molecule has 0 spiro atoms. The molecular weight excluding hydrogens is 268 g/mol. The molecule has 0 atom stereocenters. The zero-order valence-corrected chi connectivity index (χ0v) is 11.6. The third kappa shape index (κ3) is 4.67. The Bertz CT molecular complexity index is 477. The number of hydrogen-bond acceptors (Lipinski definition) is 3. The number of carbonyl (C=O) groups excluding carboxylic acids is 2. The van der Waals surface area contributed by atoms with E-state index in [0.717, 1.165) is 0 Å². The van der Waals surface area contributed by atoms with Gasteiger partial charge in [-0.15, -0.1) is 0 Å². The van der Waals surface area contributed by atoms with Gasteiger partial charge in [0.05, 0.1) is 10.7 Å². The number of carbonyl (C=O) groups is 2. The van der Waals surface area contributed by atoms with Gasteiger partial charge in [0.25, 0.3) is 5.91 Å². The smallest absolute Gasteiger partial charge is 0.316 e. The minimum atomic E-state index is -0.262. The summed E-state index contributed by atoms with van der Waals surface area (Å²) >= 11 is 5.77. The number of rotatable bonds is 4. The number of nitrogen functional groups attached to an aromatic ring is 1. The fourth-order valence-electron chi connectivity index (χ4n) is 1.29. The van der Waals surface area contributed by atoms with Crippen molar-refractivity contribution in [3.05, 3.63) is 28.8 Å². The maximum absolute atomic E-state index is 11.8. The zero-order valence-electron chi connectivity index (χ0n) is 10.9. The van der Waals surface area contributed by atoms with E-state index in [1.807, 2.05) is 0 Å². The molecule has 0 saturated heterocycles. The van der Waals surface area contributed by atoms with Crippen molar-refractivity contribution in [3.63, 3.8) is 0 Å². The van der Waals surface area contributed by atoms with Crippen LogP contribution in [-0.4, -0.2) is 44.0 Å². The first-order valence-corrected chi connectivity index (χ1v) is 6.08. The number of urea groups is 1. The molecule has 1 rings (SSSR count). The first kappa shape index (κ1) is 15.1. The van der Waals surface area contributed by atoms with Gasteiger partial charge < -0.3 is 21.3 Å². The molecule has 0 aliphatic carbocycles. The number of anilines is 1. The average Bonchev–Trinajstić information content (AvgIpc) is 2.37. The third-order valence-corrected chi connectivity index (χ3v) is 2.70. The van der Waals surface area contributed by atoms with Crippen molar-refractivity contribution in [1.29, 1.82) is 0 Å². The van der Waals surface area contributed by atoms with Crippen molar-refractivity contribution in [2.75, 3.05) is 32.9 Å². The van der Waals surface area contributed by atoms with Crippen LogP contribution in [0.3, 0.4) is 0 Å². The predicted octanol–water partition coefficient (Wildman–Crippen LogP) is 0.923. The Morgan fingerprint density at radius 2 is 1.89 bits per heavy atom. The second-order valence-electron chi connectivity index (χ2n) is 4.12. The van der Waals surface area contributed by atoms with Crippen LogP contribution < -0.4 is 16.4 Å². The molecule has 0 aromatic heterocycles. The minimum absolute atomic E-state index is 0.204. The van der Waals surface area contributed by atoms with Crippen molar-refractivity contribution in [2.24, 2.45) is 0 Å². The highest BCUT2D eigenvalue weighted by atomic mass is 35.5. The summed E-state index contributed by atoms with van der Waals surface area (Å²) < 4.78 is 0. The summed E-state index contributed by atoms with van der Waals surface area (Å²) in [4.78, 5) is 24.4. The quantitative estimate of drug-likeness (QED) is 0.568. The van der Waals surface area contributed by atoms with Crippen LogP contribution in [0, 0.1) is 0 Å². The van der Waals surface area contributed by atoms with E-state index in [1.54, 1.807) is 26.2 Å². The summed E-state index contributed by atoms with van der Waals surface area (Å²) in [6, 6.07) is 4.47. The molecule has 0 aliphatic heterocycles. The van der Waals surface area contributed by atoms with E-state index < -0.39 is 0 Å². The van der Waals surface area contributed by atoms with E-state index in [0.29, 0.717) is 29.4 Å². The molecule has 0 unspecified atom stereocenters. The number of benzene rings is 1. The Labute approximate surface area is 116 Å². The van der Waals surface area contributed by atoms with Crippen LogP contribution in [0.15, 0.2) is 18.2 Å². The average molecular weight is 285 g/mol. The molecule has 0 fully saturated rings. The summed E-state index contributed by atoms with van der Waals surface area (Å²) in [5, 5.41) is 5.72. The zero-order chi connectivity index (χ0) is 14.4. The lowest BCUT2D eigenvalue weighted by Gasteiger charge is -2.12. The number of nitrogens with zero attached hydrogens (tertiary/aromatic N) is 1. The van der Waals surface area contributed by atoms with Crippen molar-refractivity contribution in [1.82, 2.24) is 15.5 Å². The second kappa shape index (κ2) is 6.84. The summed E-state index contributed by atoms with van der Waals surface area (Å²) in [6.45, 7) is 0.687. The summed E-state index contributed by atoms with van der Waals surface area (Å²) in [7, 11) is 3.29. The molecule has 19 heavy (non-hydrogen) atoms. The Morgan fingerprint density at radius 1 is 1.26 bits per heavy atom. The van der Waals surface area contributed by atoms with Crippen LogP contribution in [0.2, 0.25) is 5.02 Å². The second-order valence-corrected chi connectivity index (χ2v) is 4.53. The molecule has 7 heteroatoms. The lowest BCUT2D eigenvalue weighted by molar-refractivity contribution is 0.0953. The van der Waals surface area contributed by atoms with Gasteiger partial charge in [-0.3, -0.25) is 4.79 Å². The van der Waals surface area contributed by atoms with Crippen molar-refractivity contribution >= 4 is 29.2 Å². The van der Waals surface area contributed by atoms with Gasteiger partial charge >= 0.3 is 6.03 Å². The number of hydrogen-bond donors (Lipinski definition) is 3. The van der Waals surface area contributed by atoms with Crippen LogP contribution >= 0.6 is 11.6 Å². The van der Waals surface area contributed by atoms with Crippen LogP contribution in [0.1, 0.15) is 10.4 Å². The molecule has 6 nitrogen and oxygen atoms in total. The number of amides is 3. The molecule has 0 heterocycles. The molecule has 0 aliphatic rings. The molecule has 0 bridgehead atoms. The van der Waals surface area contributed by atoms with Crippen molar-refractivity contribution in [3.8, 4) is 0 Å². The van der Waals surface area contributed by atoms with Crippen LogP contribution in [0.5, 0.6) is 0 Å². The van der Waals surface area contributed by atoms with Gasteiger partial charge in [-0.1, -0.05) is 11.6 Å². The topological polar surface area (TPSA) is 87.5 Å². The van der Waals surface area contributed by atoms with Gasteiger partial charge in [-0.25, -0.2) is 4.79 Å². The molecule has 1 aromatic carbocycles. The van der Waals surface area contributed by atoms with E-state index in [4.69, 9.17) is 17.3 Å². The summed E-state index contributed by atoms with van der Waals surface area (Å²) in [6.07, 6.45) is 0. The molecule has 0 radical (unpaired) electrons. The van der Waals surface area contributed by atoms with Gasteiger partial charge in [-0.2, -0.15) is 0 Å². The van der Waals surface area contributed by atoms with Crippen LogP contribution in [0.4, 0.5) is 10.5 Å². The van der Waals surface area contributed by atoms with Gasteiger partial charge in [-0.05, 0) is 18.2 Å². The van der Waals surface area contributed by atoms with Crippen LogP contribution in [0.25, 0.3) is 0 Å². The van der Waals surface area contributed by atoms with E-state index >= 15 is 0 Å². The first-order valence-electron chi connectivity index (χ1n) is 5.70. The van der Waals surface area contributed by atoms with E-state index in [1.165, 1.54) is 11.0 Å². The Balaban J connectivity index is 2.39. The van der Waals surface area contributed by atoms with E-state index in [9.17, 15) is 9.59 Å². The monoisotopic (exact) mass is 284 g/mol. The van der Waals surface area contributed by atoms with Crippen molar-refractivity contribution in [2.45, 2.75) is 0 Å². The van der Waals surface area contributed by atoms with Crippen LogP contribution in [-0.2, 0) is 0 Å². The molecule has 1 aromatic rings. The SMILES string of the molecule is CN(C)C(=O)NCCNC(=O)c1ccc(Cl)c(N)c1. The highest BCUT2D eigenvalue weighted by Gasteiger charge is 2.07. The first-order chi connectivity index (χ1) is 8.91. The number of halogens is 1. The lowest BCUT2D eigenvalue weighted by atomic mass is 10.2. The predicted molar refractivity (Wildman–Crippen MR) is 75.3 cm³/mol. The molecule has 4 N–H and O–H groups in total. The third-order valence-electron chi connectivity index (χ3n) is 2.35. The summed E-state index contributed by atoms with van der Waals surface area (Å²) in [5.74, 6) is -0.262. The molecule has 104 valence electrons. The Hall–Kier alpha value is -1.95. The maximum atomic E-state index is 11.8. The molecular formula is C12H17ClN4O2. The minimum Gasteiger partial charge on any atom is -0.398 e. The lowest BCUT2D eigenvalue weighted by Crippen LogP contribution is -2.39. The van der Waals surface area contributed by atoms with E-state index in [-0.39, 0.29) is 11.9 Å². The van der Waals surface area contributed by atoms with Crippen molar-refractivity contribution < 1.29 is 9.59 Å². The normalized spacial score (nSPS) is 9.84. The largest absolute Gasteiger partial charge is 0.398 e. The van der Waals surface area contributed by atoms with E-state index in [2.05, 4.69) is 10.6 Å². The number of nitrogens with two attached hydrogens (primary N) is 1. The molecule has 3 amide bonds. The number of nitrogens with one attached hydrogen (secondary N) is 2. The fraction of sp³-hybridized carbons (Fsp3) is 0.333. The van der Waals surface area contributed by atoms with Gasteiger partial charge in [0.15, 0.2) is 0 Å². The fourth-order valence-corrected chi connectivity index (χ4v) is 1.41.